The lowest BCUT2D eigenvalue weighted by molar-refractivity contribution is -0.145. The molecular formula is C16H17NO4. The van der Waals surface area contributed by atoms with Crippen LogP contribution >= 0.6 is 0 Å². The first-order valence-corrected chi connectivity index (χ1v) is 7.09. The van der Waals surface area contributed by atoms with E-state index < -0.39 is 5.97 Å². The largest absolute Gasteiger partial charge is 0.478 e. The van der Waals surface area contributed by atoms with Crippen LogP contribution < -0.4 is 5.32 Å². The van der Waals surface area contributed by atoms with Crippen molar-refractivity contribution >= 4 is 17.6 Å². The number of carboxylic acid groups (broad SMARTS) is 1. The van der Waals surface area contributed by atoms with Gasteiger partial charge in [0.25, 0.3) is 0 Å². The molecule has 1 aliphatic carbocycles. The van der Waals surface area contributed by atoms with E-state index in [1.807, 2.05) is 6.08 Å². The van der Waals surface area contributed by atoms with Crippen molar-refractivity contribution < 1.29 is 19.4 Å². The highest BCUT2D eigenvalue weighted by Crippen LogP contribution is 2.45. The first-order valence-electron chi connectivity index (χ1n) is 7.09. The number of ether oxygens (including phenoxy) is 1. The number of benzene rings is 1. The molecular weight excluding hydrogens is 270 g/mol. The van der Waals surface area contributed by atoms with Gasteiger partial charge in [-0.15, -0.1) is 0 Å². The third kappa shape index (κ3) is 2.28. The lowest BCUT2D eigenvalue weighted by Crippen LogP contribution is -2.43. The smallest absolute Gasteiger partial charge is 0.335 e. The molecule has 5 nitrogen and oxygen atoms in total. The average Bonchev–Trinajstić information content (AvgIpc) is 2.95. The third-order valence-electron chi connectivity index (χ3n) is 4.15. The number of hydrogen-bond donors (Lipinski definition) is 2. The number of hydrogen-bond acceptors (Lipinski definition) is 4. The zero-order chi connectivity index (χ0) is 15.0. The highest BCUT2D eigenvalue weighted by atomic mass is 16.5. The molecule has 1 aliphatic heterocycles. The van der Waals surface area contributed by atoms with Crippen LogP contribution in [0.3, 0.4) is 0 Å². The summed E-state index contributed by atoms with van der Waals surface area (Å²) in [6.07, 6.45) is 4.89. The van der Waals surface area contributed by atoms with Crippen molar-refractivity contribution in [3.05, 3.63) is 41.5 Å². The molecule has 5 heteroatoms. The summed E-state index contributed by atoms with van der Waals surface area (Å²) in [6, 6.07) is 4.59. The van der Waals surface area contributed by atoms with Gasteiger partial charge in [-0.1, -0.05) is 12.2 Å². The Hall–Kier alpha value is -2.30. The fourth-order valence-electron chi connectivity index (χ4n) is 3.19. The molecule has 1 heterocycles. The first kappa shape index (κ1) is 13.7. The number of fused-ring (bicyclic) bond motifs is 3. The van der Waals surface area contributed by atoms with Gasteiger partial charge >= 0.3 is 11.9 Å². The van der Waals surface area contributed by atoms with Crippen LogP contribution in [0.4, 0.5) is 5.69 Å². The van der Waals surface area contributed by atoms with E-state index in [1.165, 1.54) is 0 Å². The van der Waals surface area contributed by atoms with Gasteiger partial charge in [0, 0.05) is 17.5 Å². The van der Waals surface area contributed by atoms with Crippen molar-refractivity contribution in [3.8, 4) is 0 Å². The monoisotopic (exact) mass is 287 g/mol. The number of allylic oxidation sites excluding steroid dienone is 2. The van der Waals surface area contributed by atoms with Crippen LogP contribution in [0.2, 0.25) is 0 Å². The first-order chi connectivity index (χ1) is 10.1. The van der Waals surface area contributed by atoms with Crippen LogP contribution in [0.15, 0.2) is 30.4 Å². The summed E-state index contributed by atoms with van der Waals surface area (Å²) in [5.74, 6) is -1.04. The van der Waals surface area contributed by atoms with Crippen LogP contribution in [0, 0.1) is 5.92 Å². The Kier molecular flexibility index (Phi) is 3.41. The SMILES string of the molecule is CCOC(=O)[C@H]1Nc2ccc(C(=O)O)cc2[C@H]2C=CC[C@@H]12. The van der Waals surface area contributed by atoms with Gasteiger partial charge in [0.2, 0.25) is 0 Å². The number of anilines is 1. The number of aromatic carboxylic acids is 1. The maximum Gasteiger partial charge on any atom is 0.335 e. The molecule has 2 N–H and O–H groups in total. The summed E-state index contributed by atoms with van der Waals surface area (Å²) in [4.78, 5) is 23.2. The molecule has 0 radical (unpaired) electrons. The fourth-order valence-corrected chi connectivity index (χ4v) is 3.19. The van der Waals surface area contributed by atoms with Gasteiger partial charge in [-0.3, -0.25) is 0 Å². The van der Waals surface area contributed by atoms with Crippen molar-refractivity contribution in [3.63, 3.8) is 0 Å². The molecule has 0 unspecified atom stereocenters. The van der Waals surface area contributed by atoms with Crippen LogP contribution in [0.5, 0.6) is 0 Å². The zero-order valence-electron chi connectivity index (χ0n) is 11.7. The minimum atomic E-state index is -0.941. The summed E-state index contributed by atoms with van der Waals surface area (Å²) in [5.41, 5.74) is 2.02. The van der Waals surface area contributed by atoms with E-state index >= 15 is 0 Å². The van der Waals surface area contributed by atoms with Crippen molar-refractivity contribution in [1.29, 1.82) is 0 Å². The van der Waals surface area contributed by atoms with E-state index in [0.29, 0.717) is 6.61 Å². The summed E-state index contributed by atoms with van der Waals surface area (Å²) in [7, 11) is 0. The average molecular weight is 287 g/mol. The second kappa shape index (κ2) is 5.24. The van der Waals surface area contributed by atoms with Crippen LogP contribution in [0.1, 0.15) is 35.2 Å². The summed E-state index contributed by atoms with van der Waals surface area (Å²) >= 11 is 0. The van der Waals surface area contributed by atoms with Gasteiger partial charge < -0.3 is 15.2 Å². The zero-order valence-corrected chi connectivity index (χ0v) is 11.7. The highest BCUT2D eigenvalue weighted by Gasteiger charge is 2.41. The Morgan fingerprint density at radius 2 is 2.24 bits per heavy atom. The number of carbonyl (C=O) groups is 2. The van der Waals surface area contributed by atoms with E-state index in [4.69, 9.17) is 9.84 Å². The Bertz CT molecular complexity index is 623. The number of nitrogens with one attached hydrogen (secondary N) is 1. The predicted octanol–water partition coefficient (Wildman–Crippen LogP) is 2.40. The van der Waals surface area contributed by atoms with Gasteiger partial charge in [-0.25, -0.2) is 9.59 Å². The number of rotatable bonds is 3. The Balaban J connectivity index is 1.98. The fraction of sp³-hybridized carbons (Fsp3) is 0.375. The molecule has 0 fully saturated rings. The molecule has 2 aliphatic rings. The topological polar surface area (TPSA) is 75.6 Å². The number of carbonyl (C=O) groups excluding carboxylic acids is 1. The predicted molar refractivity (Wildman–Crippen MR) is 77.4 cm³/mol. The van der Waals surface area contributed by atoms with E-state index in [9.17, 15) is 9.59 Å². The van der Waals surface area contributed by atoms with Crippen molar-refractivity contribution in [2.45, 2.75) is 25.3 Å². The second-order valence-electron chi connectivity index (χ2n) is 5.33. The molecule has 1 aromatic rings. The second-order valence-corrected chi connectivity index (χ2v) is 5.33. The highest BCUT2D eigenvalue weighted by molar-refractivity contribution is 5.89. The van der Waals surface area contributed by atoms with Gasteiger partial charge in [0.05, 0.1) is 12.2 Å². The number of esters is 1. The molecule has 3 rings (SSSR count). The van der Waals surface area contributed by atoms with E-state index in [0.717, 1.165) is 17.7 Å². The van der Waals surface area contributed by atoms with Gasteiger partial charge in [0.15, 0.2) is 0 Å². The molecule has 0 bridgehead atoms. The van der Waals surface area contributed by atoms with Crippen molar-refractivity contribution in [2.24, 2.45) is 5.92 Å². The number of carboxylic acids is 1. The summed E-state index contributed by atoms with van der Waals surface area (Å²) in [6.45, 7) is 2.14. The lowest BCUT2D eigenvalue weighted by atomic mass is 9.79. The van der Waals surface area contributed by atoms with Crippen LogP contribution in [0.25, 0.3) is 0 Å². The summed E-state index contributed by atoms with van der Waals surface area (Å²) in [5, 5.41) is 12.3. The minimum absolute atomic E-state index is 0.0648. The molecule has 0 aromatic heterocycles. The Labute approximate surface area is 122 Å². The maximum atomic E-state index is 12.1. The molecule has 0 spiro atoms. The standard InChI is InChI=1S/C16H17NO4/c1-2-21-16(20)14-11-5-3-4-10(11)12-8-9(15(18)19)6-7-13(12)17-14/h3-4,6-8,10-11,14,17H,2,5H2,1H3,(H,18,19)/t10-,11+,14-/m0/s1. The van der Waals surface area contributed by atoms with Crippen LogP contribution in [-0.2, 0) is 9.53 Å². The quantitative estimate of drug-likeness (QED) is 0.659. The van der Waals surface area contributed by atoms with Crippen molar-refractivity contribution in [1.82, 2.24) is 0 Å². The third-order valence-corrected chi connectivity index (χ3v) is 4.15. The minimum Gasteiger partial charge on any atom is -0.478 e. The molecule has 1 aromatic carbocycles. The molecule has 0 amide bonds. The normalized spacial score (nSPS) is 25.7. The maximum absolute atomic E-state index is 12.1. The van der Waals surface area contributed by atoms with E-state index in [1.54, 1.807) is 25.1 Å². The van der Waals surface area contributed by atoms with Crippen LogP contribution in [-0.4, -0.2) is 29.7 Å². The Morgan fingerprint density at radius 1 is 1.43 bits per heavy atom. The summed E-state index contributed by atoms with van der Waals surface area (Å²) < 4.78 is 5.14. The molecule has 0 saturated heterocycles. The van der Waals surface area contributed by atoms with Gasteiger partial charge in [-0.05, 0) is 37.1 Å². The lowest BCUT2D eigenvalue weighted by Gasteiger charge is -2.35. The van der Waals surface area contributed by atoms with Gasteiger partial charge in [0.1, 0.15) is 6.04 Å². The Morgan fingerprint density at radius 3 is 2.95 bits per heavy atom. The molecule has 0 saturated carbocycles. The van der Waals surface area contributed by atoms with Gasteiger partial charge in [-0.2, -0.15) is 0 Å². The van der Waals surface area contributed by atoms with E-state index in [-0.39, 0.29) is 29.4 Å². The van der Waals surface area contributed by atoms with E-state index in [2.05, 4.69) is 11.4 Å². The molecule has 110 valence electrons. The van der Waals surface area contributed by atoms with Crippen molar-refractivity contribution in [2.75, 3.05) is 11.9 Å². The molecule has 21 heavy (non-hydrogen) atoms. The molecule has 3 atom stereocenters.